The molecule has 0 bridgehead atoms. The Morgan fingerprint density at radius 1 is 1.31 bits per heavy atom. The van der Waals surface area contributed by atoms with Crippen LogP contribution in [0.5, 0.6) is 23.0 Å². The van der Waals surface area contributed by atoms with Gasteiger partial charge in [-0.15, -0.1) is 0 Å². The van der Waals surface area contributed by atoms with Crippen LogP contribution >= 0.6 is 0 Å². The van der Waals surface area contributed by atoms with Crippen molar-refractivity contribution < 1.29 is 23.9 Å². The Morgan fingerprint density at radius 3 is 2.79 bits per heavy atom. The minimum Gasteiger partial charge on any atom is -0.493 e. The third kappa shape index (κ3) is 4.13. The molecule has 0 saturated heterocycles. The van der Waals surface area contributed by atoms with Gasteiger partial charge in [0.2, 0.25) is 12.6 Å². The van der Waals surface area contributed by atoms with E-state index < -0.39 is 4.92 Å². The van der Waals surface area contributed by atoms with Gasteiger partial charge in [0.25, 0.3) is 0 Å². The molecule has 0 N–H and O–H groups in total. The average molecular weight is 530 g/mol. The first kappa shape index (κ1) is 24.8. The van der Waals surface area contributed by atoms with Gasteiger partial charge in [0.05, 0.1) is 13.7 Å². The largest absolute Gasteiger partial charge is 0.493 e. The van der Waals surface area contributed by atoms with E-state index in [9.17, 15) is 15.4 Å². The molecule has 1 atom stereocenters. The van der Waals surface area contributed by atoms with Crippen LogP contribution in [0.3, 0.4) is 0 Å². The molecule has 0 aliphatic carbocycles. The molecule has 0 amide bonds. The summed E-state index contributed by atoms with van der Waals surface area (Å²) in [6, 6.07) is 8.36. The van der Waals surface area contributed by atoms with Gasteiger partial charge < -0.3 is 29.1 Å². The van der Waals surface area contributed by atoms with Crippen molar-refractivity contribution in [3.8, 4) is 29.1 Å². The Balaban J connectivity index is 1.50. The number of imidazole rings is 1. The summed E-state index contributed by atoms with van der Waals surface area (Å²) in [7, 11) is 1.59. The number of ether oxygens (including phenoxy) is 4. The number of aromatic nitrogens is 2. The molecule has 1 unspecified atom stereocenters. The number of nitrogens with zero attached hydrogens (tertiary/aromatic N) is 5. The Labute approximate surface area is 224 Å². The smallest absolute Gasteiger partial charge is 0.382 e. The number of hydrogen-bond donors (Lipinski definition) is 0. The highest BCUT2D eigenvalue weighted by atomic mass is 16.7. The molecule has 4 heterocycles. The summed E-state index contributed by atoms with van der Waals surface area (Å²) < 4.78 is 24.6. The minimum absolute atomic E-state index is 0.104. The van der Waals surface area contributed by atoms with Crippen molar-refractivity contribution in [2.75, 3.05) is 27.1 Å². The number of methoxy groups -OCH3 is 1. The first-order valence-electron chi connectivity index (χ1n) is 12.8. The first-order chi connectivity index (χ1) is 18.9. The number of hydrogen-bond acceptors (Lipinski definition) is 9. The second-order valence-electron chi connectivity index (χ2n) is 9.65. The lowest BCUT2D eigenvalue weighted by Gasteiger charge is -2.42. The number of rotatable bonds is 6. The van der Waals surface area contributed by atoms with Gasteiger partial charge in [-0.05, 0) is 76.2 Å². The third-order valence-electron chi connectivity index (χ3n) is 7.59. The number of nitriles is 1. The zero-order valence-electron chi connectivity index (χ0n) is 21.9. The molecule has 1 aromatic heterocycles. The Bertz CT molecular complexity index is 1570. The Morgan fingerprint density at radius 2 is 2.10 bits per heavy atom. The van der Waals surface area contributed by atoms with E-state index in [-0.39, 0.29) is 24.3 Å². The van der Waals surface area contributed by atoms with Crippen LogP contribution in [-0.4, -0.2) is 46.4 Å². The zero-order chi connectivity index (χ0) is 27.3. The number of allylic oxidation sites excluding steroid dienone is 1. The summed E-state index contributed by atoms with van der Waals surface area (Å²) in [6.07, 6.45) is 4.59. The third-order valence-corrected chi connectivity index (χ3v) is 7.59. The summed E-state index contributed by atoms with van der Waals surface area (Å²) in [5.41, 5.74) is 5.54. The molecule has 3 aromatic rings. The number of aryl methyl sites for hydroxylation is 1. The van der Waals surface area contributed by atoms with Gasteiger partial charge in [0.1, 0.15) is 18.0 Å². The van der Waals surface area contributed by atoms with Gasteiger partial charge in [0, 0.05) is 31.6 Å². The molecular formula is C28H27N5O6. The van der Waals surface area contributed by atoms with Crippen molar-refractivity contribution in [3.63, 3.8) is 0 Å². The maximum absolute atomic E-state index is 11.3. The van der Waals surface area contributed by atoms with Gasteiger partial charge >= 0.3 is 5.82 Å². The van der Waals surface area contributed by atoms with Crippen molar-refractivity contribution in [1.82, 2.24) is 14.5 Å². The van der Waals surface area contributed by atoms with Crippen molar-refractivity contribution >= 4 is 17.6 Å². The maximum Gasteiger partial charge on any atom is 0.382 e. The molecule has 0 fully saturated rings. The second-order valence-corrected chi connectivity index (χ2v) is 9.65. The van der Waals surface area contributed by atoms with E-state index in [1.54, 1.807) is 20.1 Å². The molecule has 0 radical (unpaired) electrons. The predicted molar refractivity (Wildman–Crippen MR) is 141 cm³/mol. The predicted octanol–water partition coefficient (Wildman–Crippen LogP) is 4.41. The standard InChI is InChI=1S/C28H27N5O6/c1-4-37-28-22-13-31-6-5-17-8-24-25(39-15-38-24)11-21(17)23(31)10-20(22)18(9-26(28)36-3)7-19(12-29)32-14-27(33(34)35)30-16(32)2/h7-9,11,14,23H,4-6,10,13,15H2,1-3H3/b19-7+. The minimum atomic E-state index is -0.569. The molecule has 11 heteroatoms. The average Bonchev–Trinajstić information content (AvgIpc) is 3.56. The SMILES string of the molecule is CCOc1c(OC)cc(/C=C(\C#N)n2cc([N+](=O)[O-])nc2C)c2c1CN1CCc3cc4c(cc3C1C2)OCO4. The molecule has 6 rings (SSSR count). The summed E-state index contributed by atoms with van der Waals surface area (Å²) in [5.74, 6) is 2.86. The van der Waals surface area contributed by atoms with Crippen LogP contribution in [0.15, 0.2) is 24.4 Å². The number of fused-ring (bicyclic) bond motifs is 5. The monoisotopic (exact) mass is 529 g/mol. The maximum atomic E-state index is 11.3. The van der Waals surface area contributed by atoms with E-state index in [2.05, 4.69) is 28.1 Å². The quantitative estimate of drug-likeness (QED) is 0.259. The van der Waals surface area contributed by atoms with Crippen LogP contribution in [0.2, 0.25) is 0 Å². The van der Waals surface area contributed by atoms with E-state index in [1.807, 2.05) is 13.0 Å². The van der Waals surface area contributed by atoms with E-state index in [0.29, 0.717) is 36.9 Å². The molecule has 0 spiro atoms. The van der Waals surface area contributed by atoms with Gasteiger partial charge in [-0.25, -0.2) is 0 Å². The van der Waals surface area contributed by atoms with E-state index >= 15 is 0 Å². The van der Waals surface area contributed by atoms with Crippen LogP contribution in [0.4, 0.5) is 5.82 Å². The van der Waals surface area contributed by atoms with E-state index in [0.717, 1.165) is 41.2 Å². The molecule has 11 nitrogen and oxygen atoms in total. The summed E-state index contributed by atoms with van der Waals surface area (Å²) in [4.78, 5) is 17.1. The van der Waals surface area contributed by atoms with Gasteiger partial charge in [0.15, 0.2) is 23.0 Å². The van der Waals surface area contributed by atoms with Crippen molar-refractivity contribution in [2.24, 2.45) is 0 Å². The van der Waals surface area contributed by atoms with Crippen molar-refractivity contribution in [2.45, 2.75) is 39.3 Å². The Hall–Kier alpha value is -4.56. The molecule has 2 aromatic carbocycles. The number of nitro groups is 1. The topological polar surface area (TPSA) is 125 Å². The fourth-order valence-corrected chi connectivity index (χ4v) is 5.81. The summed E-state index contributed by atoms with van der Waals surface area (Å²) >= 11 is 0. The van der Waals surface area contributed by atoms with Gasteiger partial charge in [-0.3, -0.25) is 9.47 Å². The van der Waals surface area contributed by atoms with E-state index in [1.165, 1.54) is 21.9 Å². The molecule has 200 valence electrons. The lowest BCUT2D eigenvalue weighted by Crippen LogP contribution is -2.39. The lowest BCUT2D eigenvalue weighted by molar-refractivity contribution is -0.389. The van der Waals surface area contributed by atoms with Crippen LogP contribution < -0.4 is 18.9 Å². The lowest BCUT2D eigenvalue weighted by atomic mass is 9.81. The second kappa shape index (κ2) is 9.63. The highest BCUT2D eigenvalue weighted by molar-refractivity contribution is 5.82. The molecule has 3 aliphatic heterocycles. The fraction of sp³-hybridized carbons (Fsp3) is 0.357. The molecule has 3 aliphatic rings. The van der Waals surface area contributed by atoms with E-state index in [4.69, 9.17) is 18.9 Å². The van der Waals surface area contributed by atoms with Crippen molar-refractivity contribution in [3.05, 3.63) is 68.2 Å². The highest BCUT2D eigenvalue weighted by Crippen LogP contribution is 2.48. The van der Waals surface area contributed by atoms with Crippen molar-refractivity contribution in [1.29, 1.82) is 5.26 Å². The molecular weight excluding hydrogens is 502 g/mol. The van der Waals surface area contributed by atoms with Gasteiger partial charge in [-0.1, -0.05) is 0 Å². The fourth-order valence-electron chi connectivity index (χ4n) is 5.81. The molecule has 0 saturated carbocycles. The summed E-state index contributed by atoms with van der Waals surface area (Å²) in [6.45, 7) is 5.81. The van der Waals surface area contributed by atoms with Crippen LogP contribution in [0.25, 0.3) is 11.8 Å². The zero-order valence-corrected chi connectivity index (χ0v) is 21.9. The van der Waals surface area contributed by atoms with Crippen LogP contribution in [0.1, 0.15) is 46.6 Å². The van der Waals surface area contributed by atoms with Gasteiger partial charge in [-0.2, -0.15) is 5.26 Å². The Kier molecular flexibility index (Phi) is 6.12. The number of benzene rings is 2. The highest BCUT2D eigenvalue weighted by Gasteiger charge is 2.37. The van der Waals surface area contributed by atoms with Crippen LogP contribution in [-0.2, 0) is 19.4 Å². The first-order valence-corrected chi connectivity index (χ1v) is 12.8. The molecule has 39 heavy (non-hydrogen) atoms. The summed E-state index contributed by atoms with van der Waals surface area (Å²) in [5, 5.41) is 21.4. The van der Waals surface area contributed by atoms with Crippen LogP contribution in [0, 0.1) is 28.4 Å². The normalized spacial score (nSPS) is 17.6.